The molecule has 1 atom stereocenters. The highest BCUT2D eigenvalue weighted by molar-refractivity contribution is 7.79. The predicted molar refractivity (Wildman–Crippen MR) is 123 cm³/mol. The predicted octanol–water partition coefficient (Wildman–Crippen LogP) is 5.51. The van der Waals surface area contributed by atoms with Crippen molar-refractivity contribution in [2.75, 3.05) is 0 Å². The molecule has 0 spiro atoms. The summed E-state index contributed by atoms with van der Waals surface area (Å²) in [4.78, 5) is 0. The van der Waals surface area contributed by atoms with Gasteiger partial charge in [-0.15, -0.1) is 0 Å². The highest BCUT2D eigenvalue weighted by atomic mass is 31.2. The summed E-state index contributed by atoms with van der Waals surface area (Å²) in [7, 11) is -3.19. The minimum Gasteiger partial charge on any atom is -0.508 e. The van der Waals surface area contributed by atoms with Crippen LogP contribution in [0.1, 0.15) is 22.3 Å². The van der Waals surface area contributed by atoms with Crippen molar-refractivity contribution in [1.82, 2.24) is 0 Å². The third-order valence-electron chi connectivity index (χ3n) is 5.39. The first kappa shape index (κ1) is 20.0. The van der Waals surface area contributed by atoms with Crippen LogP contribution in [-0.2, 0) is 4.57 Å². The fraction of sp³-hybridized carbons (Fsp3) is 0.0769. The molecule has 0 aromatic heterocycles. The van der Waals surface area contributed by atoms with Crippen molar-refractivity contribution in [3.63, 3.8) is 0 Å². The van der Waals surface area contributed by atoms with Gasteiger partial charge in [0.05, 0.1) is 5.66 Å². The number of phenolic OH excluding ortho intramolecular Hbond substituents is 2. The summed E-state index contributed by atoms with van der Waals surface area (Å²) in [6.45, 7) is 1.84. The molecular formula is C26H23O3P. The third-order valence-corrected chi connectivity index (χ3v) is 8.84. The highest BCUT2D eigenvalue weighted by Crippen LogP contribution is 2.60. The van der Waals surface area contributed by atoms with Crippen LogP contribution >= 0.6 is 7.14 Å². The summed E-state index contributed by atoms with van der Waals surface area (Å²) in [5.74, 6) is 0.367. The van der Waals surface area contributed by atoms with E-state index in [1.807, 2.05) is 91.9 Å². The van der Waals surface area contributed by atoms with E-state index >= 15 is 4.57 Å². The fourth-order valence-corrected chi connectivity index (χ4v) is 7.16. The van der Waals surface area contributed by atoms with Crippen molar-refractivity contribution < 1.29 is 14.8 Å². The van der Waals surface area contributed by atoms with Crippen molar-refractivity contribution in [3.8, 4) is 11.5 Å². The lowest BCUT2D eigenvalue weighted by atomic mass is 10.0. The third kappa shape index (κ3) is 3.65. The maximum Gasteiger partial charge on any atom is 0.154 e. The normalized spacial score (nSPS) is 12.4. The molecule has 150 valence electrons. The van der Waals surface area contributed by atoms with E-state index in [0.29, 0.717) is 0 Å². The number of hydrogen-bond donors (Lipinski definition) is 2. The molecule has 0 saturated heterocycles. The molecule has 3 nitrogen and oxygen atoms in total. The first-order valence-electron chi connectivity index (χ1n) is 9.79. The first-order valence-corrected chi connectivity index (χ1v) is 11.6. The summed E-state index contributed by atoms with van der Waals surface area (Å²) in [6.07, 6.45) is 0. The summed E-state index contributed by atoms with van der Waals surface area (Å²) in [5, 5.41) is 21.4. The van der Waals surface area contributed by atoms with E-state index in [4.69, 9.17) is 0 Å². The van der Waals surface area contributed by atoms with Gasteiger partial charge in [0.1, 0.15) is 11.5 Å². The molecule has 4 aromatic carbocycles. The van der Waals surface area contributed by atoms with Crippen molar-refractivity contribution in [2.24, 2.45) is 0 Å². The second-order valence-electron chi connectivity index (χ2n) is 7.37. The Labute approximate surface area is 176 Å². The second kappa shape index (κ2) is 8.22. The SMILES string of the molecule is Cc1cc(C(c2ccc(O)cc2)P(=O)(c2ccccc2)c2ccccc2)ccc1O. The molecule has 4 aromatic rings. The Balaban J connectivity index is 2.04. The molecular weight excluding hydrogens is 391 g/mol. The molecule has 0 fully saturated rings. The maximum absolute atomic E-state index is 15.1. The van der Waals surface area contributed by atoms with Gasteiger partial charge in [0.15, 0.2) is 7.14 Å². The van der Waals surface area contributed by atoms with Gasteiger partial charge in [-0.05, 0) is 41.8 Å². The quantitative estimate of drug-likeness (QED) is 0.424. The molecule has 0 saturated carbocycles. The standard InChI is InChI=1S/C26H23O3P/c1-19-18-21(14-17-25(19)28)26(20-12-15-22(27)16-13-20)30(29,23-8-4-2-5-9-23)24-10-6-3-7-11-24/h2-18,26-28H,1H3. The number of rotatable bonds is 5. The summed E-state index contributed by atoms with van der Waals surface area (Å²) >= 11 is 0. The lowest BCUT2D eigenvalue weighted by Crippen LogP contribution is -2.22. The molecule has 0 aliphatic heterocycles. The van der Waals surface area contributed by atoms with E-state index in [1.165, 1.54) is 0 Å². The molecule has 0 radical (unpaired) electrons. The van der Waals surface area contributed by atoms with Crippen molar-refractivity contribution in [1.29, 1.82) is 0 Å². The number of benzene rings is 4. The Morgan fingerprint density at radius 1 is 0.667 bits per heavy atom. The summed E-state index contributed by atoms with van der Waals surface area (Å²) in [6, 6.07) is 31.4. The van der Waals surface area contributed by atoms with Crippen LogP contribution in [-0.4, -0.2) is 10.2 Å². The zero-order valence-corrected chi connectivity index (χ0v) is 17.5. The number of aromatic hydroxyl groups is 2. The maximum atomic E-state index is 15.1. The van der Waals surface area contributed by atoms with Gasteiger partial charge < -0.3 is 14.8 Å². The van der Waals surface area contributed by atoms with Gasteiger partial charge in [-0.25, -0.2) is 0 Å². The largest absolute Gasteiger partial charge is 0.508 e. The van der Waals surface area contributed by atoms with Crippen LogP contribution < -0.4 is 10.6 Å². The van der Waals surface area contributed by atoms with Gasteiger partial charge in [-0.1, -0.05) is 84.9 Å². The summed E-state index contributed by atoms with van der Waals surface area (Å²) in [5.41, 5.74) is 1.95. The molecule has 1 unspecified atom stereocenters. The number of aryl methyl sites for hydroxylation is 1. The zero-order chi connectivity index (χ0) is 21.1. The van der Waals surface area contributed by atoms with Gasteiger partial charge in [0.2, 0.25) is 0 Å². The molecule has 2 N–H and O–H groups in total. The Hall–Kier alpha value is -3.29. The molecule has 4 heteroatoms. The Morgan fingerprint density at radius 3 is 1.67 bits per heavy atom. The fourth-order valence-electron chi connectivity index (χ4n) is 3.86. The van der Waals surface area contributed by atoms with Gasteiger partial charge in [0.25, 0.3) is 0 Å². The average molecular weight is 414 g/mol. The van der Waals surface area contributed by atoms with Gasteiger partial charge in [-0.3, -0.25) is 0 Å². The van der Waals surface area contributed by atoms with Crippen molar-refractivity contribution in [3.05, 3.63) is 120 Å². The molecule has 0 heterocycles. The van der Waals surface area contributed by atoms with Crippen LogP contribution in [0, 0.1) is 6.92 Å². The van der Waals surface area contributed by atoms with E-state index in [9.17, 15) is 10.2 Å². The van der Waals surface area contributed by atoms with Crippen LogP contribution in [0.15, 0.2) is 103 Å². The van der Waals surface area contributed by atoms with Crippen molar-refractivity contribution >= 4 is 17.8 Å². The van der Waals surface area contributed by atoms with Crippen LogP contribution in [0.4, 0.5) is 0 Å². The minimum absolute atomic E-state index is 0.161. The highest BCUT2D eigenvalue weighted by Gasteiger charge is 2.39. The lowest BCUT2D eigenvalue weighted by Gasteiger charge is -2.30. The van der Waals surface area contributed by atoms with E-state index < -0.39 is 12.8 Å². The number of phenols is 2. The molecule has 30 heavy (non-hydrogen) atoms. The van der Waals surface area contributed by atoms with Crippen LogP contribution in [0.25, 0.3) is 0 Å². The van der Waals surface area contributed by atoms with Gasteiger partial charge >= 0.3 is 0 Å². The Kier molecular flexibility index (Phi) is 5.48. The van der Waals surface area contributed by atoms with E-state index in [0.717, 1.165) is 27.3 Å². The van der Waals surface area contributed by atoms with Crippen molar-refractivity contribution in [2.45, 2.75) is 12.6 Å². The number of hydrogen-bond acceptors (Lipinski definition) is 3. The van der Waals surface area contributed by atoms with Gasteiger partial charge in [-0.2, -0.15) is 0 Å². The van der Waals surface area contributed by atoms with Crippen LogP contribution in [0.2, 0.25) is 0 Å². The van der Waals surface area contributed by atoms with E-state index in [-0.39, 0.29) is 11.5 Å². The zero-order valence-electron chi connectivity index (χ0n) is 16.6. The smallest absolute Gasteiger partial charge is 0.154 e. The Bertz CT molecular complexity index is 1140. The van der Waals surface area contributed by atoms with Gasteiger partial charge in [0, 0.05) is 10.6 Å². The minimum atomic E-state index is -3.19. The molecule has 0 aliphatic carbocycles. The molecule has 4 rings (SSSR count). The Morgan fingerprint density at radius 2 is 1.17 bits per heavy atom. The average Bonchev–Trinajstić information content (AvgIpc) is 2.78. The lowest BCUT2D eigenvalue weighted by molar-refractivity contribution is 0.471. The second-order valence-corrected chi connectivity index (χ2v) is 10.2. The first-order chi connectivity index (χ1) is 14.5. The van der Waals surface area contributed by atoms with E-state index in [1.54, 1.807) is 18.2 Å². The molecule has 0 bridgehead atoms. The molecule has 0 aliphatic rings. The topological polar surface area (TPSA) is 57.5 Å². The van der Waals surface area contributed by atoms with E-state index in [2.05, 4.69) is 0 Å². The summed E-state index contributed by atoms with van der Waals surface area (Å²) < 4.78 is 15.1. The van der Waals surface area contributed by atoms with Crippen LogP contribution in [0.5, 0.6) is 11.5 Å². The molecule has 0 amide bonds. The van der Waals surface area contributed by atoms with Crippen LogP contribution in [0.3, 0.4) is 0 Å². The monoisotopic (exact) mass is 414 g/mol.